The maximum absolute atomic E-state index is 10.8. The molecule has 1 fully saturated rings. The van der Waals surface area contributed by atoms with Gasteiger partial charge in [-0.05, 0) is 43.5 Å². The summed E-state index contributed by atoms with van der Waals surface area (Å²) in [6, 6.07) is 13.5. The van der Waals surface area contributed by atoms with Gasteiger partial charge in [-0.15, -0.1) is 0 Å². The molecule has 2 aromatic rings. The van der Waals surface area contributed by atoms with Gasteiger partial charge in [0.2, 0.25) is 0 Å². The normalized spacial score (nSPS) is 13.8. The lowest BCUT2D eigenvalue weighted by molar-refractivity contribution is -0.385. The lowest BCUT2D eigenvalue weighted by atomic mass is 9.95. The highest BCUT2D eigenvalue weighted by Gasteiger charge is 2.21. The van der Waals surface area contributed by atoms with Crippen molar-refractivity contribution in [2.24, 2.45) is 5.92 Å². The molecule has 2 aromatic carbocycles. The summed E-state index contributed by atoms with van der Waals surface area (Å²) in [6.45, 7) is 3.62. The molecule has 12 nitrogen and oxygen atoms in total. The third-order valence-electron chi connectivity index (χ3n) is 5.58. The number of benzene rings is 2. The van der Waals surface area contributed by atoms with Crippen LogP contribution in [0.4, 0.5) is 17.1 Å². The monoisotopic (exact) mass is 500 g/mol. The fourth-order valence-electron chi connectivity index (χ4n) is 3.84. The van der Waals surface area contributed by atoms with Crippen molar-refractivity contribution in [3.05, 3.63) is 86.5 Å². The summed E-state index contributed by atoms with van der Waals surface area (Å²) in [4.78, 5) is 44.4. The number of hydrogen-bond donors (Lipinski definition) is 2. The van der Waals surface area contributed by atoms with E-state index in [1.165, 1.54) is 0 Å². The molecular weight excluding hydrogens is 472 g/mol. The van der Waals surface area contributed by atoms with Crippen molar-refractivity contribution in [3.63, 3.8) is 0 Å². The Morgan fingerprint density at radius 1 is 0.917 bits per heavy atom. The molecule has 0 atom stereocenters. The molecule has 0 spiro atoms. The summed E-state index contributed by atoms with van der Waals surface area (Å²) in [7, 11) is 2.07. The van der Waals surface area contributed by atoms with Gasteiger partial charge in [-0.1, -0.05) is 12.1 Å². The fraction of sp³-hybridized carbons (Fsp3) is 0.333. The van der Waals surface area contributed by atoms with Gasteiger partial charge in [0.25, 0.3) is 11.4 Å². The molecule has 12 heteroatoms. The van der Waals surface area contributed by atoms with Gasteiger partial charge in [0.15, 0.2) is 0 Å². The van der Waals surface area contributed by atoms with E-state index in [0.717, 1.165) is 50.3 Å². The quantitative estimate of drug-likeness (QED) is 0.295. The van der Waals surface area contributed by atoms with E-state index >= 15 is 0 Å². The highest BCUT2D eigenvalue weighted by molar-refractivity contribution is 5.89. The minimum Gasteiger partial charge on any atom is -0.478 e. The predicted octanol–water partition coefficient (Wildman–Crippen LogP) is 3.56. The van der Waals surface area contributed by atoms with Gasteiger partial charge in [0.1, 0.15) is 0 Å². The first-order valence-corrected chi connectivity index (χ1v) is 11.1. The van der Waals surface area contributed by atoms with Crippen molar-refractivity contribution in [3.8, 4) is 0 Å². The molecule has 2 N–H and O–H groups in total. The van der Waals surface area contributed by atoms with E-state index in [2.05, 4.69) is 16.8 Å². The Morgan fingerprint density at radius 3 is 1.78 bits per heavy atom. The van der Waals surface area contributed by atoms with E-state index in [1.54, 1.807) is 24.3 Å². The SMILES string of the molecule is CN(Cc1ccc([N+](=O)[O-])cc1)CC1CCN(c2ccc([N+](=O)[O-])cc2)CC1.O=C(O)C=CC(=O)O. The van der Waals surface area contributed by atoms with Gasteiger partial charge < -0.3 is 20.0 Å². The molecule has 36 heavy (non-hydrogen) atoms. The topological polar surface area (TPSA) is 167 Å². The van der Waals surface area contributed by atoms with Gasteiger partial charge in [-0.3, -0.25) is 20.2 Å². The van der Waals surface area contributed by atoms with E-state index in [9.17, 15) is 29.8 Å². The van der Waals surface area contributed by atoms with Crippen LogP contribution in [0.15, 0.2) is 60.7 Å². The lowest BCUT2D eigenvalue weighted by Gasteiger charge is -2.35. The van der Waals surface area contributed by atoms with E-state index in [0.29, 0.717) is 18.1 Å². The zero-order chi connectivity index (χ0) is 26.7. The number of nitro groups is 2. The molecule has 0 unspecified atom stereocenters. The second-order valence-corrected chi connectivity index (χ2v) is 8.33. The molecule has 0 amide bonds. The van der Waals surface area contributed by atoms with Crippen LogP contribution >= 0.6 is 0 Å². The maximum Gasteiger partial charge on any atom is 0.328 e. The van der Waals surface area contributed by atoms with Gasteiger partial charge >= 0.3 is 11.9 Å². The van der Waals surface area contributed by atoms with Crippen LogP contribution in [-0.4, -0.2) is 63.6 Å². The lowest BCUT2D eigenvalue weighted by Crippen LogP contribution is -2.37. The first-order chi connectivity index (χ1) is 17.0. The van der Waals surface area contributed by atoms with Gasteiger partial charge in [0.05, 0.1) is 9.85 Å². The van der Waals surface area contributed by atoms with Crippen LogP contribution < -0.4 is 4.90 Å². The minimum absolute atomic E-state index is 0.116. The Hall–Kier alpha value is -4.32. The van der Waals surface area contributed by atoms with Crippen molar-refractivity contribution in [2.75, 3.05) is 31.6 Å². The number of carboxylic acids is 2. The second-order valence-electron chi connectivity index (χ2n) is 8.33. The predicted molar refractivity (Wildman–Crippen MR) is 132 cm³/mol. The van der Waals surface area contributed by atoms with Crippen LogP contribution in [0.25, 0.3) is 0 Å². The third-order valence-corrected chi connectivity index (χ3v) is 5.58. The van der Waals surface area contributed by atoms with Gasteiger partial charge in [-0.25, -0.2) is 9.59 Å². The molecule has 3 rings (SSSR count). The molecule has 1 saturated heterocycles. The molecule has 0 saturated carbocycles. The van der Waals surface area contributed by atoms with Crippen molar-refractivity contribution in [2.45, 2.75) is 19.4 Å². The minimum atomic E-state index is -1.26. The first-order valence-electron chi connectivity index (χ1n) is 11.1. The van der Waals surface area contributed by atoms with Gasteiger partial charge in [0, 0.05) is 68.3 Å². The van der Waals surface area contributed by atoms with E-state index in [1.807, 2.05) is 24.3 Å². The van der Waals surface area contributed by atoms with E-state index in [-0.39, 0.29) is 21.2 Å². The van der Waals surface area contributed by atoms with Crippen LogP contribution in [0.1, 0.15) is 18.4 Å². The molecule has 1 heterocycles. The van der Waals surface area contributed by atoms with Crippen molar-refractivity contribution in [1.82, 2.24) is 4.90 Å². The Morgan fingerprint density at radius 2 is 1.36 bits per heavy atom. The Kier molecular flexibility index (Phi) is 10.5. The summed E-state index contributed by atoms with van der Waals surface area (Å²) in [5, 5.41) is 37.1. The van der Waals surface area contributed by atoms with Crippen LogP contribution in [-0.2, 0) is 16.1 Å². The highest BCUT2D eigenvalue weighted by Crippen LogP contribution is 2.26. The number of anilines is 1. The summed E-state index contributed by atoms with van der Waals surface area (Å²) in [5.74, 6) is -1.92. The first kappa shape index (κ1) is 27.9. The summed E-state index contributed by atoms with van der Waals surface area (Å²) < 4.78 is 0. The van der Waals surface area contributed by atoms with Gasteiger partial charge in [-0.2, -0.15) is 0 Å². The van der Waals surface area contributed by atoms with E-state index in [4.69, 9.17) is 10.2 Å². The summed E-state index contributed by atoms with van der Waals surface area (Å²) in [5.41, 5.74) is 2.33. The van der Waals surface area contributed by atoms with Crippen molar-refractivity contribution in [1.29, 1.82) is 0 Å². The average molecular weight is 501 g/mol. The standard InChI is InChI=1S/C20H24N4O4.C4H4O4/c1-21(14-16-2-4-19(5-3-16)23(25)26)15-17-10-12-22(13-11-17)18-6-8-20(9-7-18)24(27)28;5-3(6)1-2-4(7)8/h2-9,17H,10-15H2,1H3;1-2H,(H,5,6)(H,7,8). The number of nitrogens with zero attached hydrogens (tertiary/aromatic N) is 4. The van der Waals surface area contributed by atoms with Crippen LogP contribution in [0.5, 0.6) is 0 Å². The maximum atomic E-state index is 10.8. The Labute approximate surface area is 207 Å². The zero-order valence-electron chi connectivity index (χ0n) is 19.7. The van der Waals surface area contributed by atoms with Crippen LogP contribution in [0.2, 0.25) is 0 Å². The summed E-state index contributed by atoms with van der Waals surface area (Å²) in [6.07, 6.45) is 3.26. The molecule has 1 aliphatic rings. The molecule has 192 valence electrons. The number of aliphatic carboxylic acids is 2. The summed E-state index contributed by atoms with van der Waals surface area (Å²) >= 11 is 0. The number of non-ortho nitro benzene ring substituents is 2. The average Bonchev–Trinajstić information content (AvgIpc) is 2.84. The number of hydrogen-bond acceptors (Lipinski definition) is 8. The molecular formula is C24H28N4O8. The number of rotatable bonds is 9. The van der Waals surface area contributed by atoms with Crippen LogP contribution in [0, 0.1) is 26.1 Å². The number of carboxylic acid groups (broad SMARTS) is 2. The fourth-order valence-corrected chi connectivity index (χ4v) is 3.84. The number of nitro benzene ring substituents is 2. The molecule has 0 aromatic heterocycles. The molecule has 1 aliphatic heterocycles. The molecule has 0 aliphatic carbocycles. The zero-order valence-corrected chi connectivity index (χ0v) is 19.7. The highest BCUT2D eigenvalue weighted by atomic mass is 16.6. The van der Waals surface area contributed by atoms with Crippen molar-refractivity contribution < 1.29 is 29.6 Å². The van der Waals surface area contributed by atoms with Crippen LogP contribution in [0.3, 0.4) is 0 Å². The largest absolute Gasteiger partial charge is 0.478 e. The van der Waals surface area contributed by atoms with Crippen molar-refractivity contribution >= 4 is 29.0 Å². The smallest absolute Gasteiger partial charge is 0.328 e. The Balaban J connectivity index is 0.000000493. The molecule has 0 radical (unpaired) electrons. The Bertz CT molecular complexity index is 1060. The number of carbonyl (C=O) groups is 2. The third kappa shape index (κ3) is 9.50. The van der Waals surface area contributed by atoms with E-state index < -0.39 is 11.9 Å². The molecule has 0 bridgehead atoms. The number of piperidine rings is 1. The second kappa shape index (κ2) is 13.5.